The van der Waals surface area contributed by atoms with Gasteiger partial charge >= 0.3 is 12.1 Å². The molecule has 1 aromatic heterocycles. The smallest absolute Gasteiger partial charge is 0.481 e. The van der Waals surface area contributed by atoms with Gasteiger partial charge < -0.3 is 34.5 Å². The second kappa shape index (κ2) is 32.6. The number of aromatic nitrogens is 2. The van der Waals surface area contributed by atoms with Crippen LogP contribution in [0.4, 0.5) is 10.7 Å². The number of aliphatic carboxylic acids is 1. The van der Waals surface area contributed by atoms with E-state index >= 15 is 0 Å². The predicted octanol–water partition coefficient (Wildman–Crippen LogP) is 7.36. The fourth-order valence-corrected chi connectivity index (χ4v) is 7.09. The van der Waals surface area contributed by atoms with Gasteiger partial charge in [0, 0.05) is 51.4 Å². The highest BCUT2D eigenvalue weighted by molar-refractivity contribution is 7.92. The zero-order valence-corrected chi connectivity index (χ0v) is 35.4. The number of hydrogen-bond acceptors (Lipinski definition) is 12. The van der Waals surface area contributed by atoms with Crippen molar-refractivity contribution >= 4 is 39.8 Å². The van der Waals surface area contributed by atoms with Gasteiger partial charge in [0.25, 0.3) is 15.9 Å². The van der Waals surface area contributed by atoms with Gasteiger partial charge in [0.15, 0.2) is 5.78 Å². The van der Waals surface area contributed by atoms with E-state index in [0.29, 0.717) is 32.5 Å². The number of benzene rings is 1. The van der Waals surface area contributed by atoms with Gasteiger partial charge in [0.1, 0.15) is 6.61 Å². The molecule has 17 heteroatoms. The van der Waals surface area contributed by atoms with Crippen molar-refractivity contribution in [3.63, 3.8) is 0 Å². The number of nitrogens with one attached hydrogen (secondary N) is 2. The topological polar surface area (TPSA) is 230 Å². The molecule has 0 fully saturated rings. The third-order valence-corrected chi connectivity index (χ3v) is 10.6. The van der Waals surface area contributed by atoms with Crippen molar-refractivity contribution in [3.05, 3.63) is 47.8 Å². The minimum Gasteiger partial charge on any atom is -0.481 e. The van der Waals surface area contributed by atoms with Gasteiger partial charge in [-0.3, -0.25) is 14.4 Å². The minimum absolute atomic E-state index is 0.0441. The molecule has 0 radical (unpaired) electrons. The SMILES string of the molecule is O=C(O)CCCCCCCCCCCCCCCCCc1cccc(S(=O)(=O)Nc2ncc(C(=O)NCCOCCOCC(=O)CCCOCCCOC(=O)O)cn2)c1. The first kappa shape index (κ1) is 51.0. The second-order valence-corrected chi connectivity index (χ2v) is 16.1. The highest BCUT2D eigenvalue weighted by atomic mass is 32.2. The third kappa shape index (κ3) is 27.2. The first-order chi connectivity index (χ1) is 28.6. The molecule has 0 atom stereocenters. The molecule has 0 spiro atoms. The average molecular weight is 851 g/mol. The molecule has 332 valence electrons. The van der Waals surface area contributed by atoms with Crippen LogP contribution in [0.15, 0.2) is 41.6 Å². The molecule has 2 aromatic rings. The zero-order valence-electron chi connectivity index (χ0n) is 34.5. The predicted molar refractivity (Wildman–Crippen MR) is 222 cm³/mol. The third-order valence-electron chi connectivity index (χ3n) is 9.27. The number of ketones is 1. The summed E-state index contributed by atoms with van der Waals surface area (Å²) in [6, 6.07) is 6.86. The molecule has 0 aliphatic rings. The van der Waals surface area contributed by atoms with Crippen molar-refractivity contribution < 1.29 is 56.8 Å². The Morgan fingerprint density at radius 3 is 1.83 bits per heavy atom. The fraction of sp³-hybridized carbons (Fsp3) is 0.667. The number of rotatable bonds is 38. The maximum Gasteiger partial charge on any atom is 0.505 e. The monoisotopic (exact) mass is 850 g/mol. The van der Waals surface area contributed by atoms with E-state index in [9.17, 15) is 27.6 Å². The number of carboxylic acid groups (broad SMARTS) is 2. The molecule has 0 aliphatic heterocycles. The largest absolute Gasteiger partial charge is 0.505 e. The lowest BCUT2D eigenvalue weighted by molar-refractivity contribution is -0.137. The Hall–Kier alpha value is -4.19. The van der Waals surface area contributed by atoms with Crippen LogP contribution in [-0.4, -0.2) is 105 Å². The zero-order chi connectivity index (χ0) is 42.8. The summed E-state index contributed by atoms with van der Waals surface area (Å²) in [6.45, 7) is 1.61. The quantitative estimate of drug-likeness (QED) is 0.0382. The van der Waals surface area contributed by atoms with Gasteiger partial charge in [-0.1, -0.05) is 95.6 Å². The van der Waals surface area contributed by atoms with Gasteiger partial charge in [-0.25, -0.2) is 27.9 Å². The molecule has 2 rings (SSSR count). The van der Waals surface area contributed by atoms with Crippen molar-refractivity contribution in [2.75, 3.05) is 57.5 Å². The van der Waals surface area contributed by atoms with Gasteiger partial charge in [0.05, 0.1) is 36.9 Å². The fourth-order valence-electron chi connectivity index (χ4n) is 6.06. The van der Waals surface area contributed by atoms with Crippen LogP contribution < -0.4 is 10.0 Å². The highest BCUT2D eigenvalue weighted by Crippen LogP contribution is 2.18. The van der Waals surface area contributed by atoms with Gasteiger partial charge in [0.2, 0.25) is 5.95 Å². The number of unbranched alkanes of at least 4 members (excludes halogenated alkanes) is 14. The standard InChI is InChI=1S/C42H66N4O12S/c47-37(21-17-25-55-26-18-27-58-42(51)52)34-57-30-29-56-28-24-43-40(50)36-32-44-41(45-33-36)46-59(53,54)38-22-16-20-35(31-38)19-14-12-10-8-6-4-2-1-3-5-7-9-11-13-15-23-39(48)49/h16,20,22,31-33H,1-15,17-19,21,23-30,34H2,(H,43,50)(H,48,49)(H,51,52)(H,44,45,46). The van der Waals surface area contributed by atoms with E-state index in [0.717, 1.165) is 44.1 Å². The Bertz CT molecular complexity index is 1580. The number of anilines is 1. The maximum atomic E-state index is 13.1. The maximum absolute atomic E-state index is 13.1. The Labute approximate surface area is 349 Å². The number of carbonyl (C=O) groups is 4. The number of sulfonamides is 1. The van der Waals surface area contributed by atoms with Gasteiger partial charge in [-0.15, -0.1) is 0 Å². The normalized spacial score (nSPS) is 11.3. The summed E-state index contributed by atoms with van der Waals surface area (Å²) in [5.74, 6) is -1.37. The van der Waals surface area contributed by atoms with E-state index in [-0.39, 0.29) is 68.2 Å². The first-order valence-electron chi connectivity index (χ1n) is 21.1. The lowest BCUT2D eigenvalue weighted by atomic mass is 10.0. The Morgan fingerprint density at radius 2 is 1.20 bits per heavy atom. The molecule has 0 saturated carbocycles. The van der Waals surface area contributed by atoms with Gasteiger partial charge in [-0.2, -0.15) is 0 Å². The van der Waals surface area contributed by atoms with Crippen LogP contribution in [-0.2, 0) is 45.0 Å². The molecule has 0 unspecified atom stereocenters. The van der Waals surface area contributed by atoms with E-state index in [1.54, 1.807) is 12.1 Å². The van der Waals surface area contributed by atoms with Crippen LogP contribution >= 0.6 is 0 Å². The number of aryl methyl sites for hydroxylation is 1. The summed E-state index contributed by atoms with van der Waals surface area (Å²) in [6.07, 6.45) is 21.0. The lowest BCUT2D eigenvalue weighted by Crippen LogP contribution is -2.28. The van der Waals surface area contributed by atoms with Gasteiger partial charge in [-0.05, 0) is 43.4 Å². The number of ether oxygens (including phenoxy) is 4. The number of nitrogens with zero attached hydrogens (tertiary/aromatic N) is 2. The Morgan fingerprint density at radius 1 is 0.627 bits per heavy atom. The number of carboxylic acids is 1. The van der Waals surface area contributed by atoms with Crippen LogP contribution in [0.25, 0.3) is 0 Å². The van der Waals surface area contributed by atoms with Crippen LogP contribution in [0.1, 0.15) is 138 Å². The van der Waals surface area contributed by atoms with Crippen molar-refractivity contribution in [2.45, 2.75) is 133 Å². The average Bonchev–Trinajstić information content (AvgIpc) is 3.21. The minimum atomic E-state index is -3.94. The number of carbonyl (C=O) groups excluding carboxylic acids is 2. The molecule has 0 saturated heterocycles. The van der Waals surface area contributed by atoms with E-state index < -0.39 is 28.1 Å². The van der Waals surface area contributed by atoms with E-state index in [1.807, 2.05) is 6.07 Å². The summed E-state index contributed by atoms with van der Waals surface area (Å²) < 4.78 is 49.0. The summed E-state index contributed by atoms with van der Waals surface area (Å²) in [4.78, 5) is 53.3. The summed E-state index contributed by atoms with van der Waals surface area (Å²) in [7, 11) is -3.94. The summed E-state index contributed by atoms with van der Waals surface area (Å²) in [5.41, 5.74) is 1.10. The van der Waals surface area contributed by atoms with Crippen LogP contribution in [0.2, 0.25) is 0 Å². The van der Waals surface area contributed by atoms with Crippen LogP contribution in [0.5, 0.6) is 0 Å². The van der Waals surface area contributed by atoms with E-state index in [1.165, 1.54) is 82.7 Å². The molecule has 1 amide bonds. The molecular formula is C42H66N4O12S. The number of amides is 1. The molecule has 0 bridgehead atoms. The number of Topliss-reactive ketones (excluding diaryl/α,β-unsaturated/α-hetero) is 1. The molecule has 4 N–H and O–H groups in total. The van der Waals surface area contributed by atoms with Crippen molar-refractivity contribution in [1.82, 2.24) is 15.3 Å². The van der Waals surface area contributed by atoms with E-state index in [4.69, 9.17) is 24.4 Å². The number of hydrogen-bond donors (Lipinski definition) is 4. The van der Waals surface area contributed by atoms with Crippen LogP contribution in [0, 0.1) is 0 Å². The summed E-state index contributed by atoms with van der Waals surface area (Å²) >= 11 is 0. The molecule has 1 heterocycles. The van der Waals surface area contributed by atoms with Crippen molar-refractivity contribution in [2.24, 2.45) is 0 Å². The second-order valence-electron chi connectivity index (χ2n) is 14.4. The van der Waals surface area contributed by atoms with Crippen LogP contribution in [0.3, 0.4) is 0 Å². The Balaban J connectivity index is 1.50. The summed E-state index contributed by atoms with van der Waals surface area (Å²) in [5, 5.41) is 19.7. The first-order valence-corrected chi connectivity index (χ1v) is 22.6. The van der Waals surface area contributed by atoms with Crippen molar-refractivity contribution in [3.8, 4) is 0 Å². The molecule has 1 aromatic carbocycles. The van der Waals surface area contributed by atoms with Crippen molar-refractivity contribution in [1.29, 1.82) is 0 Å². The Kier molecular flexibility index (Phi) is 28.2. The molecule has 0 aliphatic carbocycles. The highest BCUT2D eigenvalue weighted by Gasteiger charge is 2.17. The lowest BCUT2D eigenvalue weighted by Gasteiger charge is -2.09. The van der Waals surface area contributed by atoms with E-state index in [2.05, 4.69) is 24.7 Å². The molecule has 59 heavy (non-hydrogen) atoms. The molecule has 16 nitrogen and oxygen atoms in total. The molecular weight excluding hydrogens is 785 g/mol.